The van der Waals surface area contributed by atoms with Gasteiger partial charge in [-0.05, 0) is 50.1 Å². The van der Waals surface area contributed by atoms with Crippen LogP contribution in [0.1, 0.15) is 25.7 Å². The van der Waals surface area contributed by atoms with Crippen molar-refractivity contribution in [1.82, 2.24) is 14.9 Å². The number of fused-ring (bicyclic) bond motifs is 3. The third kappa shape index (κ3) is 3.57. The van der Waals surface area contributed by atoms with Gasteiger partial charge < -0.3 is 9.64 Å². The van der Waals surface area contributed by atoms with Gasteiger partial charge >= 0.3 is 0 Å². The number of sulfonamides is 1. The van der Waals surface area contributed by atoms with Gasteiger partial charge in [0.15, 0.2) is 0 Å². The quantitative estimate of drug-likeness (QED) is 0.683. The minimum atomic E-state index is -3.79. The highest BCUT2D eigenvalue weighted by atomic mass is 32.2. The van der Waals surface area contributed by atoms with Crippen LogP contribution in [0.3, 0.4) is 0 Å². The van der Waals surface area contributed by atoms with E-state index in [2.05, 4.69) is 21.4 Å². The summed E-state index contributed by atoms with van der Waals surface area (Å²) in [5.41, 5.74) is 0. The van der Waals surface area contributed by atoms with Gasteiger partial charge in [0.25, 0.3) is 0 Å². The molecule has 1 aromatic carbocycles. The molecule has 0 spiro atoms. The van der Waals surface area contributed by atoms with E-state index in [1.807, 2.05) is 13.2 Å². The van der Waals surface area contributed by atoms with E-state index in [-0.39, 0.29) is 11.0 Å². The molecule has 2 N–H and O–H groups in total. The molecule has 1 aliphatic carbocycles. The van der Waals surface area contributed by atoms with Crippen LogP contribution in [-0.2, 0) is 10.0 Å². The van der Waals surface area contributed by atoms with Crippen molar-refractivity contribution in [3.05, 3.63) is 37.3 Å². The molecule has 2 heterocycles. The average molecular weight is 419 g/mol. The van der Waals surface area contributed by atoms with Crippen LogP contribution in [0.4, 0.5) is 0 Å². The Hall–Kier alpha value is -2.23. The van der Waals surface area contributed by atoms with Crippen molar-refractivity contribution in [1.29, 1.82) is 0 Å². The van der Waals surface area contributed by atoms with Gasteiger partial charge in [-0.1, -0.05) is 6.58 Å². The highest BCUT2D eigenvalue weighted by Crippen LogP contribution is 2.39. The van der Waals surface area contributed by atoms with Crippen molar-refractivity contribution in [3.63, 3.8) is 0 Å². The Bertz CT molecular complexity index is 1130. The molecule has 0 aliphatic heterocycles. The molecule has 28 heavy (non-hydrogen) atoms. The van der Waals surface area contributed by atoms with E-state index < -0.39 is 10.0 Å². The Balaban J connectivity index is 1.67. The Labute approximate surface area is 167 Å². The summed E-state index contributed by atoms with van der Waals surface area (Å²) in [4.78, 5) is 11.7. The number of hydrogen-bond donors (Lipinski definition) is 1. The van der Waals surface area contributed by atoms with Crippen LogP contribution in [0.25, 0.3) is 20.3 Å². The number of benzene rings is 1. The molecule has 9 heteroatoms. The second kappa shape index (κ2) is 7.31. The number of nitrogens with zero attached hydrogens (tertiary/aromatic N) is 3. The number of ether oxygens (including phenoxy) is 1. The number of rotatable bonds is 5. The maximum Gasteiger partial charge on any atom is 0.238 e. The van der Waals surface area contributed by atoms with E-state index in [4.69, 9.17) is 9.88 Å². The Morgan fingerprint density at radius 3 is 2.71 bits per heavy atom. The SMILES string of the molecule is C=CN(C)C1CCC(Oc2ncnc3sc4ccc(S(N)(=O)=O)cc4c23)CC1. The van der Waals surface area contributed by atoms with Gasteiger partial charge in [0.2, 0.25) is 15.9 Å². The van der Waals surface area contributed by atoms with E-state index in [1.54, 1.807) is 12.1 Å². The minimum Gasteiger partial charge on any atom is -0.474 e. The first-order valence-electron chi connectivity index (χ1n) is 9.08. The molecule has 0 amide bonds. The van der Waals surface area contributed by atoms with Crippen LogP contribution >= 0.6 is 11.3 Å². The second-order valence-corrected chi connectivity index (χ2v) is 9.65. The predicted octanol–water partition coefficient (Wildman–Crippen LogP) is 3.26. The summed E-state index contributed by atoms with van der Waals surface area (Å²) < 4.78 is 30.7. The van der Waals surface area contributed by atoms with Crippen molar-refractivity contribution in [2.45, 2.75) is 42.7 Å². The summed E-state index contributed by atoms with van der Waals surface area (Å²) >= 11 is 1.48. The van der Waals surface area contributed by atoms with Crippen LogP contribution < -0.4 is 9.88 Å². The molecule has 0 radical (unpaired) electrons. The molecule has 1 saturated carbocycles. The molecule has 3 aromatic rings. The Morgan fingerprint density at radius 1 is 1.29 bits per heavy atom. The molecule has 148 valence electrons. The predicted molar refractivity (Wildman–Crippen MR) is 111 cm³/mol. The lowest BCUT2D eigenvalue weighted by molar-refractivity contribution is 0.115. The molecule has 1 aliphatic rings. The van der Waals surface area contributed by atoms with Gasteiger partial charge in [-0.2, -0.15) is 0 Å². The standard InChI is InChI=1S/C19H22N4O3S2/c1-3-23(2)12-4-6-13(7-5-12)26-18-17-15-10-14(28(20,24)25)8-9-16(15)27-19(17)22-11-21-18/h3,8-13H,1,4-7H2,2H3,(H2,20,24,25). The number of nitrogens with two attached hydrogens (primary N) is 1. The summed E-state index contributed by atoms with van der Waals surface area (Å²) in [5.74, 6) is 0.503. The third-order valence-electron chi connectivity index (χ3n) is 5.32. The van der Waals surface area contributed by atoms with Gasteiger partial charge in [-0.25, -0.2) is 23.5 Å². The van der Waals surface area contributed by atoms with E-state index in [1.165, 1.54) is 23.7 Å². The van der Waals surface area contributed by atoms with Crippen LogP contribution in [0.15, 0.2) is 42.2 Å². The zero-order valence-electron chi connectivity index (χ0n) is 15.5. The van der Waals surface area contributed by atoms with Crippen LogP contribution in [0, 0.1) is 0 Å². The fraction of sp³-hybridized carbons (Fsp3) is 0.368. The zero-order chi connectivity index (χ0) is 19.9. The van der Waals surface area contributed by atoms with E-state index in [0.29, 0.717) is 11.9 Å². The van der Waals surface area contributed by atoms with Crippen molar-refractivity contribution < 1.29 is 13.2 Å². The number of primary sulfonamides is 1. The van der Waals surface area contributed by atoms with Gasteiger partial charge in [-0.15, -0.1) is 11.3 Å². The van der Waals surface area contributed by atoms with Gasteiger partial charge in [-0.3, -0.25) is 0 Å². The molecular formula is C19H22N4O3S2. The average Bonchev–Trinajstić information content (AvgIpc) is 3.06. The van der Waals surface area contributed by atoms with E-state index in [9.17, 15) is 8.42 Å². The van der Waals surface area contributed by atoms with E-state index >= 15 is 0 Å². The molecule has 0 atom stereocenters. The summed E-state index contributed by atoms with van der Waals surface area (Å²) in [7, 11) is -1.74. The minimum absolute atomic E-state index is 0.0717. The highest BCUT2D eigenvalue weighted by Gasteiger charge is 2.25. The summed E-state index contributed by atoms with van der Waals surface area (Å²) in [6, 6.07) is 5.33. The number of thiophene rings is 1. The fourth-order valence-electron chi connectivity index (χ4n) is 3.70. The highest BCUT2D eigenvalue weighted by molar-refractivity contribution is 7.89. The van der Waals surface area contributed by atoms with Gasteiger partial charge in [0, 0.05) is 23.2 Å². The van der Waals surface area contributed by atoms with Crippen molar-refractivity contribution in [3.8, 4) is 5.88 Å². The maximum absolute atomic E-state index is 11.8. The first-order valence-corrected chi connectivity index (χ1v) is 11.4. The van der Waals surface area contributed by atoms with Gasteiger partial charge in [0.1, 0.15) is 17.3 Å². The summed E-state index contributed by atoms with van der Waals surface area (Å²) in [5, 5.41) is 6.80. The van der Waals surface area contributed by atoms with Gasteiger partial charge in [0.05, 0.1) is 10.3 Å². The second-order valence-electron chi connectivity index (χ2n) is 7.06. The maximum atomic E-state index is 11.8. The first kappa shape index (κ1) is 19.1. The van der Waals surface area contributed by atoms with E-state index in [0.717, 1.165) is 46.0 Å². The lowest BCUT2D eigenvalue weighted by atomic mass is 9.92. The zero-order valence-corrected chi connectivity index (χ0v) is 17.2. The molecule has 7 nitrogen and oxygen atoms in total. The normalized spacial score (nSPS) is 20.4. The van der Waals surface area contributed by atoms with Crippen LogP contribution in [-0.4, -0.2) is 42.5 Å². The number of aromatic nitrogens is 2. The molecule has 2 aromatic heterocycles. The van der Waals surface area contributed by atoms with Crippen molar-refractivity contribution >= 4 is 41.7 Å². The molecule has 4 rings (SSSR count). The fourth-order valence-corrected chi connectivity index (χ4v) is 5.26. The Kier molecular flexibility index (Phi) is 4.98. The molecular weight excluding hydrogens is 396 g/mol. The van der Waals surface area contributed by atoms with Crippen LogP contribution in [0.2, 0.25) is 0 Å². The largest absolute Gasteiger partial charge is 0.474 e. The first-order chi connectivity index (χ1) is 13.4. The summed E-state index contributed by atoms with van der Waals surface area (Å²) in [6.07, 6.45) is 7.34. The molecule has 0 bridgehead atoms. The van der Waals surface area contributed by atoms with Crippen molar-refractivity contribution in [2.75, 3.05) is 7.05 Å². The van der Waals surface area contributed by atoms with Crippen molar-refractivity contribution in [2.24, 2.45) is 5.14 Å². The monoisotopic (exact) mass is 418 g/mol. The molecule has 0 unspecified atom stereocenters. The smallest absolute Gasteiger partial charge is 0.238 e. The number of hydrogen-bond acceptors (Lipinski definition) is 7. The Morgan fingerprint density at radius 2 is 2.04 bits per heavy atom. The summed E-state index contributed by atoms with van der Waals surface area (Å²) in [6.45, 7) is 3.83. The third-order valence-corrected chi connectivity index (χ3v) is 7.31. The molecule has 0 saturated heterocycles. The topological polar surface area (TPSA) is 98.4 Å². The van der Waals surface area contributed by atoms with Crippen LogP contribution in [0.5, 0.6) is 5.88 Å². The lowest BCUT2D eigenvalue weighted by Gasteiger charge is -2.33. The molecule has 1 fully saturated rings. The lowest BCUT2D eigenvalue weighted by Crippen LogP contribution is -2.35.